The van der Waals surface area contributed by atoms with Gasteiger partial charge in [0.15, 0.2) is 17.0 Å². The summed E-state index contributed by atoms with van der Waals surface area (Å²) in [6.45, 7) is 6.62. The third kappa shape index (κ3) is 7.70. The fourth-order valence-corrected chi connectivity index (χ4v) is 9.58. The van der Waals surface area contributed by atoms with Crippen LogP contribution in [0.25, 0.3) is 11.2 Å². The molecule has 10 rings (SSSR count). The van der Waals surface area contributed by atoms with Crippen LogP contribution in [0.15, 0.2) is 73.3 Å². The number of carbonyl (C=O) groups excluding carboxylic acids is 5. The molecule has 0 radical (unpaired) electrons. The summed E-state index contributed by atoms with van der Waals surface area (Å²) in [5.41, 5.74) is 5.33. The molecule has 3 saturated heterocycles. The minimum Gasteiger partial charge on any atom is -0.371 e. The zero-order chi connectivity index (χ0) is 42.5. The van der Waals surface area contributed by atoms with Crippen LogP contribution in [0.1, 0.15) is 75.8 Å². The Balaban J connectivity index is 0.680. The molecule has 3 N–H and O–H groups in total. The molecule has 2 aromatic carbocycles. The molecule has 3 aromatic heterocycles. The Morgan fingerprint density at radius 1 is 0.806 bits per heavy atom. The molecule has 5 aliphatic rings. The number of rotatable bonds is 10. The van der Waals surface area contributed by atoms with E-state index in [1.807, 2.05) is 6.07 Å². The van der Waals surface area contributed by atoms with Gasteiger partial charge in [-0.05, 0) is 92.6 Å². The summed E-state index contributed by atoms with van der Waals surface area (Å²) in [4.78, 5) is 89.3. The Hall–Kier alpha value is -6.46. The number of fused-ring (bicyclic) bond motifs is 2. The van der Waals surface area contributed by atoms with Gasteiger partial charge in [-0.1, -0.05) is 17.7 Å². The fourth-order valence-electron chi connectivity index (χ4n) is 9.41. The van der Waals surface area contributed by atoms with E-state index in [1.54, 1.807) is 43.0 Å². The van der Waals surface area contributed by atoms with Crippen LogP contribution in [0.3, 0.4) is 0 Å². The second kappa shape index (κ2) is 16.4. The molecule has 1 saturated carbocycles. The molecule has 5 amide bonds. The monoisotopic (exact) mass is 856 g/mol. The number of imide groups is 2. The summed E-state index contributed by atoms with van der Waals surface area (Å²) in [7, 11) is 0. The van der Waals surface area contributed by atoms with Crippen LogP contribution in [0.2, 0.25) is 5.15 Å². The molecule has 7 heterocycles. The van der Waals surface area contributed by atoms with Crippen LogP contribution in [-0.4, -0.2) is 122 Å². The van der Waals surface area contributed by atoms with Crippen LogP contribution in [0.4, 0.5) is 22.9 Å². The Bertz CT molecular complexity index is 2580. The molecule has 1 aliphatic carbocycles. The highest BCUT2D eigenvalue weighted by Crippen LogP contribution is 2.36. The summed E-state index contributed by atoms with van der Waals surface area (Å²) in [6.07, 6.45) is 7.15. The standard InChI is InChI=1S/C44H45ClN12O5/c45-36-3-1-2-34(51-36)41(59)50-28-20-31(21-28)56-25-48-38-39(46-24-47-40(38)56)49-27-4-6-29(7-5-27)55-18-16-53(17-19-55)23-26-12-14-54(15-13-26)30-8-9-32-33(22-30)44(62)57(43(32)61)35-10-11-37(58)52-42(35)60/h1-9,22,24-26,28,31,35H,10-21,23H2,(H,50,59)(H,46,47,49)(H,52,58,60)/t28?,31?,35-/m0/s1. The van der Waals surface area contributed by atoms with Crippen molar-refractivity contribution in [2.45, 2.75) is 56.7 Å². The summed E-state index contributed by atoms with van der Waals surface area (Å²) in [5, 5.41) is 9.01. The highest BCUT2D eigenvalue weighted by Gasteiger charge is 2.45. The molecule has 318 valence electrons. The van der Waals surface area contributed by atoms with Crippen LogP contribution < -0.4 is 25.8 Å². The SMILES string of the molecule is O=C1CC[C@H](N2C(=O)c3ccc(N4CCC(CN5CCN(c6ccc(Nc7ncnc8c7ncn8C7CC(NC(=O)c8cccc(Cl)n8)C7)cc6)CC5)CC4)cc3C2=O)C(=O)N1. The number of hydrogen-bond donors (Lipinski definition) is 3. The maximum Gasteiger partial charge on any atom is 0.270 e. The number of carbonyl (C=O) groups is 5. The van der Waals surface area contributed by atoms with Crippen molar-refractivity contribution in [3.63, 3.8) is 0 Å². The zero-order valence-corrected chi connectivity index (χ0v) is 34.6. The molecule has 5 aromatic rings. The Kier molecular flexibility index (Phi) is 10.5. The third-order valence-corrected chi connectivity index (χ3v) is 13.1. The lowest BCUT2D eigenvalue weighted by Crippen LogP contribution is -2.54. The second-order valence-corrected chi connectivity index (χ2v) is 17.1. The van der Waals surface area contributed by atoms with E-state index < -0.39 is 23.8 Å². The van der Waals surface area contributed by atoms with Crippen LogP contribution >= 0.6 is 11.6 Å². The van der Waals surface area contributed by atoms with Crippen molar-refractivity contribution < 1.29 is 24.0 Å². The Labute approximate surface area is 361 Å². The largest absolute Gasteiger partial charge is 0.371 e. The fraction of sp³-hybridized carbons (Fsp3) is 0.386. The maximum atomic E-state index is 13.4. The molecule has 4 aliphatic heterocycles. The highest BCUT2D eigenvalue weighted by molar-refractivity contribution is 6.29. The van der Waals surface area contributed by atoms with Crippen molar-refractivity contribution in [1.29, 1.82) is 0 Å². The minimum absolute atomic E-state index is 0.0235. The number of halogens is 1. The zero-order valence-electron chi connectivity index (χ0n) is 33.9. The van der Waals surface area contributed by atoms with Crippen LogP contribution in [0, 0.1) is 5.92 Å². The molecule has 0 unspecified atom stereocenters. The lowest BCUT2D eigenvalue weighted by molar-refractivity contribution is -0.136. The van der Waals surface area contributed by atoms with Crippen molar-refractivity contribution in [1.82, 2.24) is 44.9 Å². The van der Waals surface area contributed by atoms with Gasteiger partial charge in [0.05, 0.1) is 17.5 Å². The van der Waals surface area contributed by atoms with Crippen molar-refractivity contribution >= 4 is 75.2 Å². The lowest BCUT2D eigenvalue weighted by atomic mass is 9.86. The highest BCUT2D eigenvalue weighted by atomic mass is 35.5. The number of nitrogens with zero attached hydrogens (tertiary/aromatic N) is 9. The number of hydrogen-bond acceptors (Lipinski definition) is 13. The van der Waals surface area contributed by atoms with Crippen LogP contribution in [-0.2, 0) is 9.59 Å². The molecule has 62 heavy (non-hydrogen) atoms. The number of anilines is 4. The van der Waals surface area contributed by atoms with Crippen molar-refractivity contribution in [2.75, 3.05) is 60.9 Å². The first-order chi connectivity index (χ1) is 30.1. The topological polar surface area (TPSA) is 191 Å². The van der Waals surface area contributed by atoms with Gasteiger partial charge in [-0.25, -0.2) is 19.9 Å². The molecule has 4 fully saturated rings. The van der Waals surface area contributed by atoms with E-state index in [9.17, 15) is 24.0 Å². The lowest BCUT2D eigenvalue weighted by Gasteiger charge is -2.40. The number of benzene rings is 2. The molecular formula is C44H45ClN12O5. The molecule has 1 atom stereocenters. The maximum absolute atomic E-state index is 13.4. The average Bonchev–Trinajstić information content (AvgIpc) is 3.80. The number of pyridine rings is 1. The summed E-state index contributed by atoms with van der Waals surface area (Å²) >= 11 is 5.95. The normalized spacial score (nSPS) is 22.1. The second-order valence-electron chi connectivity index (χ2n) is 16.8. The quantitative estimate of drug-likeness (QED) is 0.134. The number of imidazole rings is 1. The minimum atomic E-state index is -0.969. The van der Waals surface area contributed by atoms with E-state index in [2.05, 4.69) is 79.4 Å². The number of amides is 5. The van der Waals surface area contributed by atoms with E-state index in [1.165, 1.54) is 5.69 Å². The van der Waals surface area contributed by atoms with E-state index in [0.29, 0.717) is 34.1 Å². The predicted molar refractivity (Wildman–Crippen MR) is 231 cm³/mol. The smallest absolute Gasteiger partial charge is 0.270 e. The first kappa shape index (κ1) is 39.7. The number of piperidine rings is 2. The summed E-state index contributed by atoms with van der Waals surface area (Å²) in [6, 6.07) is 18.0. The van der Waals surface area contributed by atoms with Crippen molar-refractivity contribution in [2.24, 2.45) is 5.92 Å². The van der Waals surface area contributed by atoms with Gasteiger partial charge >= 0.3 is 0 Å². The number of piperazine rings is 1. The van der Waals surface area contributed by atoms with Crippen LogP contribution in [0.5, 0.6) is 0 Å². The van der Waals surface area contributed by atoms with E-state index >= 15 is 0 Å². The number of nitrogens with one attached hydrogen (secondary N) is 3. The average molecular weight is 857 g/mol. The van der Waals surface area contributed by atoms with Gasteiger partial charge in [0, 0.05) is 81.4 Å². The number of aromatic nitrogens is 5. The van der Waals surface area contributed by atoms with E-state index in [0.717, 1.165) is 93.4 Å². The van der Waals surface area contributed by atoms with Gasteiger partial charge in [-0.2, -0.15) is 0 Å². The predicted octanol–water partition coefficient (Wildman–Crippen LogP) is 4.19. The third-order valence-electron chi connectivity index (χ3n) is 12.9. The Morgan fingerprint density at radius 3 is 2.31 bits per heavy atom. The summed E-state index contributed by atoms with van der Waals surface area (Å²) in [5.74, 6) is -0.986. The van der Waals surface area contributed by atoms with Gasteiger partial charge in [0.1, 0.15) is 23.2 Å². The first-order valence-corrected chi connectivity index (χ1v) is 21.6. The van der Waals surface area contributed by atoms with Crippen molar-refractivity contribution in [3.05, 3.63) is 95.3 Å². The molecular weight excluding hydrogens is 812 g/mol. The Morgan fingerprint density at radius 2 is 1.55 bits per heavy atom. The van der Waals surface area contributed by atoms with Gasteiger partial charge < -0.3 is 25.0 Å². The van der Waals surface area contributed by atoms with E-state index in [4.69, 9.17) is 11.6 Å². The molecule has 0 bridgehead atoms. The molecule has 0 spiro atoms. The first-order valence-electron chi connectivity index (χ1n) is 21.2. The van der Waals surface area contributed by atoms with Crippen molar-refractivity contribution in [3.8, 4) is 0 Å². The molecule has 17 nitrogen and oxygen atoms in total. The summed E-state index contributed by atoms with van der Waals surface area (Å²) < 4.78 is 2.06. The van der Waals surface area contributed by atoms with Gasteiger partial charge in [-0.3, -0.25) is 39.1 Å². The molecule has 18 heteroatoms. The van der Waals surface area contributed by atoms with Gasteiger partial charge in [0.25, 0.3) is 17.7 Å². The van der Waals surface area contributed by atoms with E-state index in [-0.39, 0.29) is 41.9 Å². The van der Waals surface area contributed by atoms with Gasteiger partial charge in [0.2, 0.25) is 11.8 Å². The van der Waals surface area contributed by atoms with Gasteiger partial charge in [-0.15, -0.1) is 0 Å².